The summed E-state index contributed by atoms with van der Waals surface area (Å²) >= 11 is 6.34. The molecule has 0 saturated heterocycles. The number of carbonyl (C=O) groups is 2. The van der Waals surface area contributed by atoms with Gasteiger partial charge in [0.1, 0.15) is 18.5 Å². The summed E-state index contributed by atoms with van der Waals surface area (Å²) < 4.78 is 21.4. The van der Waals surface area contributed by atoms with E-state index in [4.69, 9.17) is 21.3 Å². The minimum absolute atomic E-state index is 0.00546. The average molecular weight is 528 g/mol. The zero-order valence-corrected chi connectivity index (χ0v) is 20.8. The van der Waals surface area contributed by atoms with E-state index in [1.165, 1.54) is 17.6 Å². The number of cyclic esters (lactones) is 1. The maximum absolute atomic E-state index is 14.8. The van der Waals surface area contributed by atoms with Crippen molar-refractivity contribution in [2.24, 2.45) is 0 Å². The summed E-state index contributed by atoms with van der Waals surface area (Å²) in [5.41, 5.74) is 0.932. The van der Waals surface area contributed by atoms with Crippen LogP contribution in [0.4, 0.5) is 4.39 Å². The number of carbonyl (C=O) groups excluding carboxylic acids is 2. The van der Waals surface area contributed by atoms with E-state index in [1.54, 1.807) is 13.0 Å². The van der Waals surface area contributed by atoms with E-state index in [0.717, 1.165) is 0 Å². The van der Waals surface area contributed by atoms with Crippen molar-refractivity contribution in [2.75, 3.05) is 0 Å². The molecule has 6 rings (SSSR count). The summed E-state index contributed by atoms with van der Waals surface area (Å²) in [7, 11) is 0. The van der Waals surface area contributed by atoms with Crippen LogP contribution in [-0.2, 0) is 39.5 Å². The summed E-state index contributed by atoms with van der Waals surface area (Å²) in [6.07, 6.45) is -0.444. The summed E-state index contributed by atoms with van der Waals surface area (Å²) in [5.74, 6) is -2.01. The van der Waals surface area contributed by atoms with Gasteiger partial charge in [-0.25, -0.2) is 14.2 Å². The third-order valence-electron chi connectivity index (χ3n) is 7.74. The van der Waals surface area contributed by atoms with Gasteiger partial charge in [0.25, 0.3) is 5.56 Å². The molecule has 0 fully saturated rings. The van der Waals surface area contributed by atoms with E-state index in [9.17, 15) is 29.0 Å². The Morgan fingerprint density at radius 2 is 2.11 bits per heavy atom. The number of nitrogens with zero attached hydrogens (tertiary/aromatic N) is 2. The van der Waals surface area contributed by atoms with Gasteiger partial charge in [-0.05, 0) is 43.4 Å². The lowest BCUT2D eigenvalue weighted by Crippen LogP contribution is -2.44. The molecule has 0 saturated carbocycles. The van der Waals surface area contributed by atoms with Gasteiger partial charge in [0.2, 0.25) is 5.91 Å². The van der Waals surface area contributed by atoms with E-state index in [1.807, 2.05) is 0 Å². The van der Waals surface area contributed by atoms with Crippen LogP contribution >= 0.6 is 11.6 Å². The van der Waals surface area contributed by atoms with Crippen LogP contribution in [0.1, 0.15) is 60.5 Å². The molecule has 9 nitrogen and oxygen atoms in total. The van der Waals surface area contributed by atoms with E-state index in [2.05, 4.69) is 5.32 Å². The number of esters is 1. The fourth-order valence-corrected chi connectivity index (χ4v) is 6.03. The average Bonchev–Trinajstić information content (AvgIpc) is 3.24. The molecule has 11 heteroatoms. The van der Waals surface area contributed by atoms with Gasteiger partial charge in [0.05, 0.1) is 40.1 Å². The molecule has 37 heavy (non-hydrogen) atoms. The molecule has 3 atom stereocenters. The van der Waals surface area contributed by atoms with Gasteiger partial charge >= 0.3 is 5.97 Å². The highest BCUT2D eigenvalue weighted by molar-refractivity contribution is 6.32. The Balaban J connectivity index is 1.65. The SMILES string of the molecule is CC[C@@]1(O)C(=O)OCc2c1cc1n(c2=O)Cc2c-1nc1cc(F)c(Cl)c3c1c2[C@H](NC(=O)[C@@H](C)O)CC3. The standard InChI is InChI=1S/C26H23ClFN3O6/c1-3-26(36)14-6-18-22-12(8-31(18)24(34)13(14)9-37-25(26)35)20-16(30-23(33)10(2)32)5-4-11-19(20)17(29-22)7-15(28)21(11)27/h6-7,10,16,32,36H,3-5,8-9H2,1-2H3,(H,30,33)/t10-,16-,26+/m1/s1. The van der Waals surface area contributed by atoms with Crippen molar-refractivity contribution in [2.45, 2.75) is 64.0 Å². The lowest BCUT2D eigenvalue weighted by Gasteiger charge is -2.31. The second-order valence-electron chi connectivity index (χ2n) is 9.78. The number of aryl methyl sites for hydroxylation is 1. The predicted octanol–water partition coefficient (Wildman–Crippen LogP) is 2.36. The number of benzene rings is 1. The topological polar surface area (TPSA) is 131 Å². The Morgan fingerprint density at radius 3 is 2.81 bits per heavy atom. The van der Waals surface area contributed by atoms with Crippen LogP contribution in [0.5, 0.6) is 0 Å². The molecule has 1 aromatic carbocycles. The molecule has 0 bridgehead atoms. The molecular formula is C26H23ClFN3O6. The molecule has 192 valence electrons. The van der Waals surface area contributed by atoms with Crippen molar-refractivity contribution >= 4 is 34.4 Å². The third-order valence-corrected chi connectivity index (χ3v) is 8.15. The maximum atomic E-state index is 14.8. The lowest BCUT2D eigenvalue weighted by molar-refractivity contribution is -0.172. The number of aliphatic hydroxyl groups is 2. The van der Waals surface area contributed by atoms with Crippen molar-refractivity contribution in [3.8, 4) is 11.4 Å². The highest BCUT2D eigenvalue weighted by atomic mass is 35.5. The number of hydrogen-bond acceptors (Lipinski definition) is 7. The highest BCUT2D eigenvalue weighted by Gasteiger charge is 2.46. The summed E-state index contributed by atoms with van der Waals surface area (Å²) in [4.78, 5) is 43.2. The van der Waals surface area contributed by atoms with E-state index >= 15 is 0 Å². The number of nitrogens with one attached hydrogen (secondary N) is 1. The quantitative estimate of drug-likeness (QED) is 0.349. The van der Waals surface area contributed by atoms with E-state index in [-0.39, 0.29) is 35.7 Å². The Labute approximate surface area is 214 Å². The number of rotatable bonds is 3. The van der Waals surface area contributed by atoms with Crippen molar-refractivity contribution in [1.82, 2.24) is 14.9 Å². The fraction of sp³-hybridized carbons (Fsp3) is 0.385. The molecule has 0 spiro atoms. The lowest BCUT2D eigenvalue weighted by atomic mass is 9.83. The summed E-state index contributed by atoms with van der Waals surface area (Å²) in [6, 6.07) is 2.27. The predicted molar refractivity (Wildman–Crippen MR) is 130 cm³/mol. The van der Waals surface area contributed by atoms with Crippen LogP contribution in [-0.4, -0.2) is 37.7 Å². The van der Waals surface area contributed by atoms with E-state index < -0.39 is 41.0 Å². The monoisotopic (exact) mass is 527 g/mol. The highest BCUT2D eigenvalue weighted by Crippen LogP contribution is 2.46. The number of ether oxygens (including phenoxy) is 1. The zero-order chi connectivity index (χ0) is 26.4. The second kappa shape index (κ2) is 8.08. The Morgan fingerprint density at radius 1 is 1.35 bits per heavy atom. The van der Waals surface area contributed by atoms with Crippen LogP contribution in [0.25, 0.3) is 22.3 Å². The van der Waals surface area contributed by atoms with Gasteiger partial charge in [-0.2, -0.15) is 0 Å². The second-order valence-corrected chi connectivity index (χ2v) is 10.2. The van der Waals surface area contributed by atoms with Crippen molar-refractivity contribution in [3.63, 3.8) is 0 Å². The third kappa shape index (κ3) is 3.22. The fourth-order valence-electron chi connectivity index (χ4n) is 5.79. The summed E-state index contributed by atoms with van der Waals surface area (Å²) in [5, 5.41) is 24.4. The van der Waals surface area contributed by atoms with Gasteiger partial charge in [-0.15, -0.1) is 0 Å². The Hall–Kier alpha value is -3.34. The van der Waals surface area contributed by atoms with Crippen LogP contribution in [0.2, 0.25) is 5.02 Å². The van der Waals surface area contributed by atoms with Crippen molar-refractivity contribution in [1.29, 1.82) is 0 Å². The first-order valence-corrected chi connectivity index (χ1v) is 12.4. The molecule has 4 heterocycles. The maximum Gasteiger partial charge on any atom is 0.343 e. The number of pyridine rings is 2. The van der Waals surface area contributed by atoms with Crippen LogP contribution in [0.15, 0.2) is 16.9 Å². The summed E-state index contributed by atoms with van der Waals surface area (Å²) in [6.45, 7) is 2.84. The molecule has 3 aromatic rings. The number of fused-ring (bicyclic) bond motifs is 5. The number of hydrogen-bond donors (Lipinski definition) is 3. The number of amides is 1. The Bertz CT molecular complexity index is 1620. The molecule has 1 aliphatic carbocycles. The number of aliphatic hydroxyl groups excluding tert-OH is 1. The molecule has 0 unspecified atom stereocenters. The van der Waals surface area contributed by atoms with Gasteiger partial charge in [0, 0.05) is 22.6 Å². The molecule has 0 radical (unpaired) electrons. The normalized spacial score (nSPS) is 22.2. The molecule has 1 amide bonds. The number of aromatic nitrogens is 2. The minimum Gasteiger partial charge on any atom is -0.458 e. The first-order chi connectivity index (χ1) is 17.6. The molecule has 2 aliphatic heterocycles. The van der Waals surface area contributed by atoms with Crippen LogP contribution < -0.4 is 10.9 Å². The first-order valence-electron chi connectivity index (χ1n) is 12.1. The van der Waals surface area contributed by atoms with Crippen LogP contribution in [0, 0.1) is 5.82 Å². The van der Waals surface area contributed by atoms with E-state index in [0.29, 0.717) is 51.8 Å². The van der Waals surface area contributed by atoms with Gasteiger partial charge in [-0.1, -0.05) is 18.5 Å². The van der Waals surface area contributed by atoms with Gasteiger partial charge in [-0.3, -0.25) is 9.59 Å². The van der Waals surface area contributed by atoms with Crippen molar-refractivity contribution in [3.05, 3.63) is 61.1 Å². The van der Waals surface area contributed by atoms with Gasteiger partial charge in [0.15, 0.2) is 5.60 Å². The first kappa shape index (κ1) is 24.0. The minimum atomic E-state index is -1.98. The molecule has 3 aliphatic rings. The number of halogens is 2. The largest absolute Gasteiger partial charge is 0.458 e. The van der Waals surface area contributed by atoms with Crippen LogP contribution in [0.3, 0.4) is 0 Å². The molecule has 2 aromatic heterocycles. The van der Waals surface area contributed by atoms with Gasteiger partial charge < -0.3 is 24.8 Å². The van der Waals surface area contributed by atoms with Crippen molar-refractivity contribution < 1.29 is 28.9 Å². The molecule has 3 N–H and O–H groups in total. The molecular weight excluding hydrogens is 505 g/mol. The Kier molecular flexibility index (Phi) is 5.24. The smallest absolute Gasteiger partial charge is 0.343 e. The zero-order valence-electron chi connectivity index (χ0n) is 20.0.